The quantitative estimate of drug-likeness (QED) is 0.772. The van der Waals surface area contributed by atoms with Gasteiger partial charge in [-0.15, -0.1) is 0 Å². The maximum atomic E-state index is 11.7. The fourth-order valence-corrected chi connectivity index (χ4v) is 1.52. The second-order valence-electron chi connectivity index (χ2n) is 3.68. The summed E-state index contributed by atoms with van der Waals surface area (Å²) < 4.78 is 10.1. The molecule has 0 saturated carbocycles. The average molecular weight is 241 g/mol. The standard InChI is InChI=1S/C14H11NO3/c15-10-13(12-7-4-8-17-12)18-14(16)9-11-5-2-1-3-6-11/h1-8,13H,9H2. The Morgan fingerprint density at radius 3 is 2.67 bits per heavy atom. The van der Waals surface area contributed by atoms with Crippen molar-refractivity contribution in [2.45, 2.75) is 12.5 Å². The molecule has 1 unspecified atom stereocenters. The predicted octanol–water partition coefficient (Wildman–Crippen LogP) is 2.63. The van der Waals surface area contributed by atoms with E-state index in [0.717, 1.165) is 5.56 Å². The summed E-state index contributed by atoms with van der Waals surface area (Å²) in [6.45, 7) is 0. The summed E-state index contributed by atoms with van der Waals surface area (Å²) >= 11 is 0. The van der Waals surface area contributed by atoms with Crippen molar-refractivity contribution in [2.75, 3.05) is 0 Å². The van der Waals surface area contributed by atoms with Crippen LogP contribution in [0.1, 0.15) is 17.4 Å². The number of furan rings is 1. The summed E-state index contributed by atoms with van der Waals surface area (Å²) in [6.07, 6.45) is 0.584. The predicted molar refractivity (Wildman–Crippen MR) is 63.3 cm³/mol. The molecule has 18 heavy (non-hydrogen) atoms. The Balaban J connectivity index is 1.97. The highest BCUT2D eigenvalue weighted by atomic mass is 16.6. The summed E-state index contributed by atoms with van der Waals surface area (Å²) in [4.78, 5) is 11.7. The SMILES string of the molecule is N#CC(OC(=O)Cc1ccccc1)c1ccco1. The normalized spacial score (nSPS) is 11.5. The van der Waals surface area contributed by atoms with Crippen LogP contribution < -0.4 is 0 Å². The Labute approximate surface area is 104 Å². The van der Waals surface area contributed by atoms with Crippen LogP contribution in [0.15, 0.2) is 53.1 Å². The molecule has 1 heterocycles. The van der Waals surface area contributed by atoms with Gasteiger partial charge in [-0.05, 0) is 17.7 Å². The molecule has 2 aromatic rings. The highest BCUT2D eigenvalue weighted by molar-refractivity contribution is 5.73. The molecule has 1 aromatic heterocycles. The topological polar surface area (TPSA) is 63.2 Å². The summed E-state index contributed by atoms with van der Waals surface area (Å²) in [5.74, 6) is -0.122. The average Bonchev–Trinajstić information content (AvgIpc) is 2.91. The Hall–Kier alpha value is -2.54. The number of benzene rings is 1. The molecule has 1 aromatic carbocycles. The van der Waals surface area contributed by atoms with E-state index in [9.17, 15) is 4.79 Å². The van der Waals surface area contributed by atoms with E-state index in [-0.39, 0.29) is 6.42 Å². The maximum absolute atomic E-state index is 11.7. The lowest BCUT2D eigenvalue weighted by Gasteiger charge is -2.08. The smallest absolute Gasteiger partial charge is 0.312 e. The van der Waals surface area contributed by atoms with Gasteiger partial charge in [0.05, 0.1) is 12.7 Å². The molecule has 0 bridgehead atoms. The monoisotopic (exact) mass is 241 g/mol. The van der Waals surface area contributed by atoms with Gasteiger partial charge in [-0.2, -0.15) is 5.26 Å². The number of ether oxygens (including phenoxy) is 1. The van der Waals surface area contributed by atoms with Crippen LogP contribution in [0.25, 0.3) is 0 Å². The van der Waals surface area contributed by atoms with E-state index < -0.39 is 12.1 Å². The molecule has 4 heteroatoms. The van der Waals surface area contributed by atoms with E-state index in [1.165, 1.54) is 6.26 Å². The molecule has 0 aliphatic carbocycles. The lowest BCUT2D eigenvalue weighted by molar-refractivity contribution is -0.146. The minimum Gasteiger partial charge on any atom is -0.464 e. The van der Waals surface area contributed by atoms with Gasteiger partial charge in [0.2, 0.25) is 6.10 Å². The fourth-order valence-electron chi connectivity index (χ4n) is 1.52. The molecule has 1 atom stereocenters. The van der Waals surface area contributed by atoms with Crippen molar-refractivity contribution in [3.8, 4) is 6.07 Å². The Morgan fingerprint density at radius 2 is 2.06 bits per heavy atom. The molecule has 0 spiro atoms. The van der Waals surface area contributed by atoms with E-state index in [4.69, 9.17) is 14.4 Å². The molecule has 4 nitrogen and oxygen atoms in total. The van der Waals surface area contributed by atoms with Gasteiger partial charge in [0.25, 0.3) is 0 Å². The molecule has 0 amide bonds. The van der Waals surface area contributed by atoms with E-state index in [0.29, 0.717) is 5.76 Å². The van der Waals surface area contributed by atoms with Crippen molar-refractivity contribution in [1.29, 1.82) is 5.26 Å². The number of nitrogens with zero attached hydrogens (tertiary/aromatic N) is 1. The van der Waals surface area contributed by atoms with Crippen LogP contribution in [-0.4, -0.2) is 5.97 Å². The molecular weight excluding hydrogens is 230 g/mol. The third kappa shape index (κ3) is 2.98. The molecule has 90 valence electrons. The van der Waals surface area contributed by atoms with Gasteiger partial charge >= 0.3 is 5.97 Å². The van der Waals surface area contributed by atoms with Crippen LogP contribution in [0, 0.1) is 11.3 Å². The number of carbonyl (C=O) groups excluding carboxylic acids is 1. The second kappa shape index (κ2) is 5.69. The van der Waals surface area contributed by atoms with Crippen molar-refractivity contribution in [3.63, 3.8) is 0 Å². The van der Waals surface area contributed by atoms with Gasteiger partial charge in [-0.3, -0.25) is 4.79 Å². The van der Waals surface area contributed by atoms with E-state index in [1.807, 2.05) is 36.4 Å². The third-order valence-electron chi connectivity index (χ3n) is 2.36. The van der Waals surface area contributed by atoms with Gasteiger partial charge < -0.3 is 9.15 Å². The molecular formula is C14H11NO3. The van der Waals surface area contributed by atoms with Crippen LogP contribution in [0.2, 0.25) is 0 Å². The van der Waals surface area contributed by atoms with Crippen LogP contribution in [0.3, 0.4) is 0 Å². The van der Waals surface area contributed by atoms with Gasteiger partial charge in [-0.1, -0.05) is 30.3 Å². The number of esters is 1. The maximum Gasteiger partial charge on any atom is 0.312 e. The fraction of sp³-hybridized carbons (Fsp3) is 0.143. The van der Waals surface area contributed by atoms with Crippen molar-refractivity contribution in [2.24, 2.45) is 0 Å². The van der Waals surface area contributed by atoms with Gasteiger partial charge in [-0.25, -0.2) is 0 Å². The number of rotatable bonds is 4. The first kappa shape index (κ1) is 11.9. The summed E-state index contributed by atoms with van der Waals surface area (Å²) in [6, 6.07) is 14.3. The van der Waals surface area contributed by atoms with Gasteiger partial charge in [0.15, 0.2) is 5.76 Å². The van der Waals surface area contributed by atoms with Crippen LogP contribution in [-0.2, 0) is 16.0 Å². The summed E-state index contributed by atoms with van der Waals surface area (Å²) in [5, 5.41) is 8.93. The van der Waals surface area contributed by atoms with Gasteiger partial charge in [0, 0.05) is 0 Å². The number of hydrogen-bond acceptors (Lipinski definition) is 4. The van der Waals surface area contributed by atoms with Crippen LogP contribution >= 0.6 is 0 Å². The zero-order valence-corrected chi connectivity index (χ0v) is 9.58. The van der Waals surface area contributed by atoms with E-state index in [1.54, 1.807) is 12.1 Å². The molecule has 0 fully saturated rings. The molecule has 2 rings (SSSR count). The lowest BCUT2D eigenvalue weighted by Crippen LogP contribution is -2.11. The summed E-state index contributed by atoms with van der Waals surface area (Å²) in [7, 11) is 0. The number of hydrogen-bond donors (Lipinski definition) is 0. The van der Waals surface area contributed by atoms with Crippen molar-refractivity contribution >= 4 is 5.97 Å². The third-order valence-corrected chi connectivity index (χ3v) is 2.36. The first-order valence-electron chi connectivity index (χ1n) is 5.46. The van der Waals surface area contributed by atoms with Gasteiger partial charge in [0.1, 0.15) is 6.07 Å². The zero-order valence-electron chi connectivity index (χ0n) is 9.58. The minimum absolute atomic E-state index is 0.139. The van der Waals surface area contributed by atoms with Crippen molar-refractivity contribution in [3.05, 3.63) is 60.1 Å². The summed E-state index contributed by atoms with van der Waals surface area (Å²) in [5.41, 5.74) is 0.846. The van der Waals surface area contributed by atoms with E-state index in [2.05, 4.69) is 0 Å². The van der Waals surface area contributed by atoms with Crippen LogP contribution in [0.5, 0.6) is 0 Å². The Bertz CT molecular complexity index is 540. The van der Waals surface area contributed by atoms with E-state index >= 15 is 0 Å². The number of nitriles is 1. The molecule has 0 radical (unpaired) electrons. The first-order valence-corrected chi connectivity index (χ1v) is 5.46. The molecule has 0 aliphatic rings. The second-order valence-corrected chi connectivity index (χ2v) is 3.68. The molecule has 0 N–H and O–H groups in total. The Kier molecular flexibility index (Phi) is 3.77. The minimum atomic E-state index is -0.990. The highest BCUT2D eigenvalue weighted by Gasteiger charge is 2.18. The molecule has 0 aliphatic heterocycles. The van der Waals surface area contributed by atoms with Crippen molar-refractivity contribution in [1.82, 2.24) is 0 Å². The Morgan fingerprint density at radius 1 is 1.28 bits per heavy atom. The lowest BCUT2D eigenvalue weighted by atomic mass is 10.1. The first-order chi connectivity index (χ1) is 8.79. The zero-order chi connectivity index (χ0) is 12.8. The van der Waals surface area contributed by atoms with Crippen LogP contribution in [0.4, 0.5) is 0 Å². The highest BCUT2D eigenvalue weighted by Crippen LogP contribution is 2.17. The largest absolute Gasteiger partial charge is 0.464 e. The molecule has 0 saturated heterocycles. The number of carbonyl (C=O) groups is 1. The van der Waals surface area contributed by atoms with Crippen molar-refractivity contribution < 1.29 is 13.9 Å².